The van der Waals surface area contributed by atoms with Gasteiger partial charge >= 0.3 is 0 Å². The molecule has 6 nitrogen and oxygen atoms in total. The number of sulfonamides is 1. The number of nitrogens with zero attached hydrogens (tertiary/aromatic N) is 1. The smallest absolute Gasteiger partial charge is 0.273 e. The van der Waals surface area contributed by atoms with Crippen LogP contribution in [0.25, 0.3) is 0 Å². The number of thiophene rings is 1. The van der Waals surface area contributed by atoms with Crippen molar-refractivity contribution in [3.05, 3.63) is 71.6 Å². The van der Waals surface area contributed by atoms with Crippen molar-refractivity contribution in [2.45, 2.75) is 4.21 Å². The minimum atomic E-state index is -3.65. The highest BCUT2D eigenvalue weighted by molar-refractivity contribution is 7.94. The highest BCUT2D eigenvalue weighted by atomic mass is 32.2. The molecule has 0 aliphatic heterocycles. The maximum absolute atomic E-state index is 13.5. The number of rotatable bonds is 7. The monoisotopic (exact) mass is 438 g/mol. The molecule has 29 heavy (non-hydrogen) atoms. The molecule has 0 saturated carbocycles. The molecule has 3 aromatic rings. The number of para-hydroxylation sites is 1. The predicted octanol–water partition coefficient (Wildman–Crippen LogP) is 3.87. The molecule has 0 bridgehead atoms. The minimum absolute atomic E-state index is 0.220. The third-order valence-corrected chi connectivity index (χ3v) is 7.07. The summed E-state index contributed by atoms with van der Waals surface area (Å²) in [5.74, 6) is -2.23. The molecule has 3 rings (SSSR count). The van der Waals surface area contributed by atoms with Crippen molar-refractivity contribution in [1.82, 2.24) is 0 Å². The second kappa shape index (κ2) is 8.58. The van der Waals surface area contributed by atoms with E-state index in [9.17, 15) is 22.0 Å². The molecule has 1 heterocycles. The van der Waals surface area contributed by atoms with Gasteiger partial charge in [-0.1, -0.05) is 12.1 Å². The van der Waals surface area contributed by atoms with E-state index in [0.717, 1.165) is 27.8 Å². The molecule has 10 heteroatoms. The highest BCUT2D eigenvalue weighted by Crippen LogP contribution is 2.26. The molecular formula is C19H16F2N2O4S2. The Morgan fingerprint density at radius 3 is 2.31 bits per heavy atom. The Morgan fingerprint density at radius 2 is 1.72 bits per heavy atom. The lowest BCUT2D eigenvalue weighted by Gasteiger charge is -2.18. The van der Waals surface area contributed by atoms with Gasteiger partial charge in [0, 0.05) is 7.05 Å². The Labute approximate surface area is 170 Å². The lowest BCUT2D eigenvalue weighted by Crippen LogP contribution is -2.25. The Hall–Kier alpha value is -2.98. The first kappa shape index (κ1) is 20.7. The van der Waals surface area contributed by atoms with Gasteiger partial charge in [-0.15, -0.1) is 11.3 Å². The Morgan fingerprint density at radius 1 is 1.07 bits per heavy atom. The number of benzene rings is 2. The van der Waals surface area contributed by atoms with E-state index in [4.69, 9.17) is 4.74 Å². The number of ether oxygens (including phenoxy) is 1. The molecule has 1 N–H and O–H groups in total. The predicted molar refractivity (Wildman–Crippen MR) is 107 cm³/mol. The number of carbonyl (C=O) groups excluding carboxylic acids is 1. The highest BCUT2D eigenvalue weighted by Gasteiger charge is 2.22. The molecule has 0 aliphatic carbocycles. The van der Waals surface area contributed by atoms with E-state index in [0.29, 0.717) is 11.4 Å². The minimum Gasteiger partial charge on any atom is -0.484 e. The van der Waals surface area contributed by atoms with Gasteiger partial charge in [-0.05, 0) is 47.8 Å². The van der Waals surface area contributed by atoms with Crippen LogP contribution in [0.1, 0.15) is 0 Å². The fraction of sp³-hybridized carbons (Fsp3) is 0.105. The second-order valence-electron chi connectivity index (χ2n) is 5.83. The standard InChI is InChI=1S/C19H16F2N2O4S2/c1-23(29(25,26)18-6-3-11-28-18)13-7-9-14(10-8-13)27-12-17(24)22-19-15(20)4-2-5-16(19)21/h2-11H,12H2,1H3,(H,22,24). The van der Waals surface area contributed by atoms with Gasteiger partial charge in [-0.3, -0.25) is 9.10 Å². The molecule has 0 radical (unpaired) electrons. The molecule has 0 unspecified atom stereocenters. The van der Waals surface area contributed by atoms with Crippen molar-refractivity contribution in [1.29, 1.82) is 0 Å². The van der Waals surface area contributed by atoms with Gasteiger partial charge in [0.2, 0.25) is 0 Å². The largest absolute Gasteiger partial charge is 0.484 e. The molecule has 0 atom stereocenters. The van der Waals surface area contributed by atoms with E-state index in [-0.39, 0.29) is 4.21 Å². The van der Waals surface area contributed by atoms with Gasteiger partial charge in [0.15, 0.2) is 6.61 Å². The first-order valence-corrected chi connectivity index (χ1v) is 10.6. The summed E-state index contributed by atoms with van der Waals surface area (Å²) < 4.78 is 58.8. The maximum Gasteiger partial charge on any atom is 0.273 e. The summed E-state index contributed by atoms with van der Waals surface area (Å²) in [5, 5.41) is 3.79. The van der Waals surface area contributed by atoms with Crippen molar-refractivity contribution in [2.75, 3.05) is 23.3 Å². The number of hydrogen-bond donors (Lipinski definition) is 1. The van der Waals surface area contributed by atoms with Crippen molar-refractivity contribution in [2.24, 2.45) is 0 Å². The molecule has 0 spiro atoms. The summed E-state index contributed by atoms with van der Waals surface area (Å²) in [6, 6.07) is 12.4. The number of halogens is 2. The molecule has 0 saturated heterocycles. The Bertz CT molecular complexity index is 1080. The second-order valence-corrected chi connectivity index (χ2v) is 8.98. The normalized spacial score (nSPS) is 11.1. The van der Waals surface area contributed by atoms with Crippen LogP contribution in [0.2, 0.25) is 0 Å². The molecule has 0 fully saturated rings. The van der Waals surface area contributed by atoms with Crippen molar-refractivity contribution >= 4 is 38.6 Å². The van der Waals surface area contributed by atoms with Crippen LogP contribution in [0.15, 0.2) is 64.2 Å². The zero-order valence-electron chi connectivity index (χ0n) is 15.1. The van der Waals surface area contributed by atoms with E-state index in [2.05, 4.69) is 5.32 Å². The summed E-state index contributed by atoms with van der Waals surface area (Å²) in [4.78, 5) is 11.9. The average molecular weight is 438 g/mol. The van der Waals surface area contributed by atoms with Gasteiger partial charge in [-0.2, -0.15) is 0 Å². The molecule has 2 aromatic carbocycles. The van der Waals surface area contributed by atoms with Crippen LogP contribution < -0.4 is 14.4 Å². The lowest BCUT2D eigenvalue weighted by atomic mass is 10.3. The topological polar surface area (TPSA) is 75.7 Å². The lowest BCUT2D eigenvalue weighted by molar-refractivity contribution is -0.118. The van der Waals surface area contributed by atoms with Crippen LogP contribution in [-0.2, 0) is 14.8 Å². The van der Waals surface area contributed by atoms with Crippen molar-refractivity contribution in [3.63, 3.8) is 0 Å². The summed E-state index contributed by atoms with van der Waals surface area (Å²) in [6.45, 7) is -0.476. The average Bonchev–Trinajstić information content (AvgIpc) is 3.25. The number of amides is 1. The van der Waals surface area contributed by atoms with E-state index in [1.54, 1.807) is 11.4 Å². The molecule has 1 amide bonds. The molecule has 1 aromatic heterocycles. The zero-order valence-corrected chi connectivity index (χ0v) is 16.8. The SMILES string of the molecule is CN(c1ccc(OCC(=O)Nc2c(F)cccc2F)cc1)S(=O)(=O)c1cccs1. The van der Waals surface area contributed by atoms with Crippen LogP contribution in [0, 0.1) is 11.6 Å². The van der Waals surface area contributed by atoms with Gasteiger partial charge in [0.1, 0.15) is 27.3 Å². The van der Waals surface area contributed by atoms with E-state index in [1.165, 1.54) is 43.4 Å². The van der Waals surface area contributed by atoms with Crippen LogP contribution in [0.5, 0.6) is 5.75 Å². The van der Waals surface area contributed by atoms with Crippen molar-refractivity contribution < 1.29 is 26.7 Å². The van der Waals surface area contributed by atoms with Crippen LogP contribution >= 0.6 is 11.3 Å². The number of carbonyl (C=O) groups is 1. The number of nitrogens with one attached hydrogen (secondary N) is 1. The molecular weight excluding hydrogens is 422 g/mol. The number of hydrogen-bond acceptors (Lipinski definition) is 5. The quantitative estimate of drug-likeness (QED) is 0.608. The van der Waals surface area contributed by atoms with Gasteiger partial charge < -0.3 is 10.1 Å². The summed E-state index contributed by atoms with van der Waals surface area (Å²) in [7, 11) is -2.22. The van der Waals surface area contributed by atoms with Crippen LogP contribution in [0.3, 0.4) is 0 Å². The van der Waals surface area contributed by atoms with Crippen molar-refractivity contribution in [3.8, 4) is 5.75 Å². The first-order valence-electron chi connectivity index (χ1n) is 8.28. The zero-order chi connectivity index (χ0) is 21.0. The van der Waals surface area contributed by atoms with Gasteiger partial charge in [-0.25, -0.2) is 17.2 Å². The van der Waals surface area contributed by atoms with E-state index in [1.807, 2.05) is 0 Å². The Kier molecular flexibility index (Phi) is 6.14. The molecule has 152 valence electrons. The van der Waals surface area contributed by atoms with E-state index >= 15 is 0 Å². The fourth-order valence-electron chi connectivity index (χ4n) is 2.38. The summed E-state index contributed by atoms with van der Waals surface area (Å²) >= 11 is 1.12. The van der Waals surface area contributed by atoms with E-state index < -0.39 is 39.9 Å². The summed E-state index contributed by atoms with van der Waals surface area (Å²) in [5.41, 5.74) is -0.138. The summed E-state index contributed by atoms with van der Waals surface area (Å²) in [6.07, 6.45) is 0. The fourth-order valence-corrected chi connectivity index (χ4v) is 4.73. The Balaban J connectivity index is 1.61. The van der Waals surface area contributed by atoms with Crippen LogP contribution in [0.4, 0.5) is 20.2 Å². The van der Waals surface area contributed by atoms with Gasteiger partial charge in [0.05, 0.1) is 5.69 Å². The first-order chi connectivity index (χ1) is 13.8. The third-order valence-electron chi connectivity index (χ3n) is 3.91. The number of anilines is 2. The van der Waals surface area contributed by atoms with Crippen LogP contribution in [-0.4, -0.2) is 28.0 Å². The maximum atomic E-state index is 13.5. The third kappa shape index (κ3) is 4.72. The molecule has 0 aliphatic rings. The van der Waals surface area contributed by atoms with Gasteiger partial charge in [0.25, 0.3) is 15.9 Å².